The Morgan fingerprint density at radius 1 is 0.430 bits per heavy atom. The standard InChI is InChI=1S/C27H32N2O4.C27H35NO5.C27H37NO2.C26H27NO5/c1-17-10-20(4)27(25(11-17)31-8-7-28)22(21-5-6-23-24(12-21)33-16-32-23)13-26(30)29-14-18(2)9-19(3)15-29;1-17-9-20(4)27(25(10-17)31-15-30-5)22(21-6-7-23-24(11-21)33-16-32-23)12-26(29)28-13-18(2)8-19(3)14-28;1-18-14-21(4)24(23(15-18)30-7)25(22-11-9-8-10-12-22)27(5,6)26(29)28-16-19(2)13-20(3)17-28;1-16-13-27(14-17(2)32-16)25(29)12-21(19-8-10-23-24(11-19)31-15-30-23)26-20-6-4-3-5-18(20)7-9-22(26)28/h5-6,10-12,18-19,22H,8-9,13-16H2,1-4H3;6-7,9-11,18-19,22H,8,12-16H2,1-5H3;8-12,14-15,19-20,25H,13,16-17H2,1-7H3;3-11,16-17,21,28H,12-15H2,1-2H3. The van der Waals surface area contributed by atoms with Crippen molar-refractivity contribution in [3.63, 3.8) is 0 Å². The van der Waals surface area contributed by atoms with Gasteiger partial charge in [-0.2, -0.15) is 5.26 Å². The molecule has 7 aliphatic heterocycles. The van der Waals surface area contributed by atoms with E-state index >= 15 is 0 Å². The minimum atomic E-state index is -0.606. The molecule has 21 nitrogen and oxygen atoms in total. The molecule has 0 aromatic heterocycles. The summed E-state index contributed by atoms with van der Waals surface area (Å²) in [6.07, 6.45) is 4.44. The molecule has 0 aliphatic carbocycles. The van der Waals surface area contributed by atoms with Crippen molar-refractivity contribution in [3.8, 4) is 63.6 Å². The van der Waals surface area contributed by atoms with Crippen molar-refractivity contribution >= 4 is 34.4 Å². The highest BCUT2D eigenvalue weighted by molar-refractivity contribution is 5.90. The number of fused-ring (bicyclic) bond motifs is 4. The normalized spacial score (nSPS) is 20.6. The first-order valence-electron chi connectivity index (χ1n) is 45.6. The molecular formula is C107H131N5O16. The van der Waals surface area contributed by atoms with Crippen molar-refractivity contribution < 1.29 is 76.4 Å². The highest BCUT2D eigenvalue weighted by atomic mass is 16.7. The molecule has 680 valence electrons. The molecule has 7 heterocycles. The average Bonchev–Trinajstić information content (AvgIpc) is 0.911. The van der Waals surface area contributed by atoms with Crippen LogP contribution in [-0.4, -0.2) is 161 Å². The maximum absolute atomic E-state index is 14.0. The molecule has 12 atom stereocenters. The molecule has 4 amide bonds. The second-order valence-corrected chi connectivity index (χ2v) is 37.8. The number of phenols is 1. The quantitative estimate of drug-likeness (QED) is 0.0622. The van der Waals surface area contributed by atoms with E-state index in [2.05, 4.69) is 136 Å². The number of aromatic hydroxyl groups is 1. The summed E-state index contributed by atoms with van der Waals surface area (Å²) in [7, 11) is 3.34. The maximum atomic E-state index is 14.0. The van der Waals surface area contributed by atoms with Crippen molar-refractivity contribution in [2.45, 2.75) is 185 Å². The Kier molecular flexibility index (Phi) is 31.0. The average molecular weight is 1740 g/mol. The van der Waals surface area contributed by atoms with E-state index in [-0.39, 0.29) is 105 Å². The number of methoxy groups -OCH3 is 2. The van der Waals surface area contributed by atoms with Gasteiger partial charge in [-0.1, -0.05) is 152 Å². The third kappa shape index (κ3) is 22.6. The summed E-state index contributed by atoms with van der Waals surface area (Å²) in [4.78, 5) is 62.6. The van der Waals surface area contributed by atoms with Gasteiger partial charge in [0, 0.05) is 125 Å². The summed E-state index contributed by atoms with van der Waals surface area (Å²) in [5, 5.41) is 22.0. The van der Waals surface area contributed by atoms with Gasteiger partial charge in [0.05, 0.1) is 24.7 Å². The topological polar surface area (TPSA) is 227 Å². The van der Waals surface area contributed by atoms with E-state index in [0.717, 1.165) is 140 Å². The number of hydrogen-bond acceptors (Lipinski definition) is 17. The van der Waals surface area contributed by atoms with Crippen molar-refractivity contribution in [3.05, 3.63) is 236 Å². The number of carbonyl (C=O) groups is 4. The summed E-state index contributed by atoms with van der Waals surface area (Å²) < 4.78 is 62.1. The number of ether oxygens (including phenoxy) is 11. The number of rotatable bonds is 22. The van der Waals surface area contributed by atoms with E-state index < -0.39 is 5.41 Å². The van der Waals surface area contributed by atoms with Crippen LogP contribution in [0.2, 0.25) is 0 Å². The van der Waals surface area contributed by atoms with Crippen molar-refractivity contribution in [2.24, 2.45) is 40.9 Å². The molecule has 4 saturated heterocycles. The van der Waals surface area contributed by atoms with Crippen LogP contribution in [0.1, 0.15) is 209 Å². The Balaban J connectivity index is 0.000000146. The number of piperidine rings is 3. The third-order valence-corrected chi connectivity index (χ3v) is 25.9. The number of hydrogen-bond donors (Lipinski definition) is 1. The lowest BCUT2D eigenvalue weighted by atomic mass is 9.68. The van der Waals surface area contributed by atoms with Gasteiger partial charge in [-0.05, 0) is 237 Å². The van der Waals surface area contributed by atoms with E-state index in [0.29, 0.717) is 95.9 Å². The van der Waals surface area contributed by atoms with Crippen LogP contribution < -0.4 is 42.6 Å². The van der Waals surface area contributed by atoms with Crippen LogP contribution in [-0.2, 0) is 28.7 Å². The van der Waals surface area contributed by atoms with Gasteiger partial charge >= 0.3 is 0 Å². The Labute approximate surface area is 757 Å². The zero-order valence-electron chi connectivity index (χ0n) is 78.2. The molecule has 7 aliphatic rings. The summed E-state index contributed by atoms with van der Waals surface area (Å²) in [6.45, 7) is 40.7. The fraction of sp³-hybridized carbons (Fsp3) is 0.467. The number of aryl methyl sites for hydroxylation is 6. The lowest BCUT2D eigenvalue weighted by Crippen LogP contribution is -2.50. The molecule has 0 radical (unpaired) electrons. The van der Waals surface area contributed by atoms with E-state index in [4.69, 9.17) is 57.4 Å². The fourth-order valence-corrected chi connectivity index (χ4v) is 20.9. The molecule has 0 saturated carbocycles. The Morgan fingerprint density at radius 2 is 0.812 bits per heavy atom. The predicted molar refractivity (Wildman–Crippen MR) is 498 cm³/mol. The summed E-state index contributed by atoms with van der Waals surface area (Å²) in [5.41, 5.74) is 13.9. The van der Waals surface area contributed by atoms with Gasteiger partial charge < -0.3 is 76.8 Å². The summed E-state index contributed by atoms with van der Waals surface area (Å²) in [5.74, 6) is 9.54. The van der Waals surface area contributed by atoms with E-state index in [1.165, 1.54) is 24.0 Å². The monoisotopic (exact) mass is 1740 g/mol. The molecule has 4 fully saturated rings. The molecule has 1 N–H and O–H groups in total. The molecule has 21 heteroatoms. The van der Waals surface area contributed by atoms with Gasteiger partial charge in [0.25, 0.3) is 0 Å². The van der Waals surface area contributed by atoms with Gasteiger partial charge in [0.1, 0.15) is 29.1 Å². The number of nitriles is 1. The Bertz CT molecular complexity index is 5410. The van der Waals surface area contributed by atoms with Crippen molar-refractivity contribution in [1.82, 2.24) is 19.6 Å². The first-order chi connectivity index (χ1) is 61.3. The lowest BCUT2D eigenvalue weighted by Gasteiger charge is -2.43. The number of benzene rings is 9. The van der Waals surface area contributed by atoms with Crippen LogP contribution in [0.5, 0.6) is 57.5 Å². The zero-order chi connectivity index (χ0) is 91.4. The van der Waals surface area contributed by atoms with Crippen LogP contribution in [0.25, 0.3) is 10.8 Å². The molecule has 9 aromatic rings. The second kappa shape index (κ2) is 42.2. The first kappa shape index (κ1) is 94.1. The summed E-state index contributed by atoms with van der Waals surface area (Å²) >= 11 is 0. The number of likely N-dealkylation sites (tertiary alicyclic amines) is 3. The minimum Gasteiger partial charge on any atom is -0.508 e. The molecular weight excluding hydrogens is 1610 g/mol. The van der Waals surface area contributed by atoms with Gasteiger partial charge in [-0.25, -0.2) is 0 Å². The number of carbonyl (C=O) groups excluding carboxylic acids is 4. The fourth-order valence-electron chi connectivity index (χ4n) is 20.9. The highest BCUT2D eigenvalue weighted by Gasteiger charge is 2.45. The molecule has 9 aromatic carbocycles. The Hall–Kier alpha value is -11.5. The van der Waals surface area contributed by atoms with E-state index in [9.17, 15) is 24.3 Å². The van der Waals surface area contributed by atoms with Gasteiger partial charge in [0.15, 0.2) is 47.9 Å². The Morgan fingerprint density at radius 3 is 1.24 bits per heavy atom. The second-order valence-electron chi connectivity index (χ2n) is 37.8. The van der Waals surface area contributed by atoms with Crippen LogP contribution >= 0.6 is 0 Å². The van der Waals surface area contributed by atoms with Crippen LogP contribution in [0.15, 0.2) is 158 Å². The summed E-state index contributed by atoms with van der Waals surface area (Å²) in [6, 6.07) is 54.1. The minimum absolute atomic E-state index is 0.00217. The maximum Gasteiger partial charge on any atom is 0.231 e. The van der Waals surface area contributed by atoms with Crippen molar-refractivity contribution in [1.29, 1.82) is 5.26 Å². The molecule has 0 spiro atoms. The third-order valence-electron chi connectivity index (χ3n) is 25.9. The van der Waals surface area contributed by atoms with Crippen LogP contribution in [0.3, 0.4) is 0 Å². The molecule has 0 bridgehead atoms. The molecule has 16 rings (SSSR count). The number of amides is 4. The lowest BCUT2D eigenvalue weighted by molar-refractivity contribution is -0.144. The van der Waals surface area contributed by atoms with Crippen molar-refractivity contribution in [2.75, 3.05) is 100 Å². The van der Waals surface area contributed by atoms with Gasteiger partial charge in [0.2, 0.25) is 44.0 Å². The first-order valence-corrected chi connectivity index (χ1v) is 45.6. The largest absolute Gasteiger partial charge is 0.508 e. The van der Waals surface area contributed by atoms with Crippen LogP contribution in [0.4, 0.5) is 0 Å². The van der Waals surface area contributed by atoms with E-state index in [1.54, 1.807) is 20.3 Å². The number of phenolic OH excluding ortho intramolecular Hbond substituents is 1. The smallest absolute Gasteiger partial charge is 0.231 e. The highest BCUT2D eigenvalue weighted by Crippen LogP contribution is 2.51. The van der Waals surface area contributed by atoms with E-state index in [1.807, 2.05) is 152 Å². The van der Waals surface area contributed by atoms with Gasteiger partial charge in [-0.15, -0.1) is 0 Å². The molecule has 12 unspecified atom stereocenters. The zero-order valence-corrected chi connectivity index (χ0v) is 78.2. The van der Waals surface area contributed by atoms with Gasteiger partial charge in [-0.3, -0.25) is 19.2 Å². The number of morpholine rings is 1. The van der Waals surface area contributed by atoms with Crippen LogP contribution in [0, 0.1) is 93.8 Å². The molecule has 128 heavy (non-hydrogen) atoms. The number of nitrogens with zero attached hydrogens (tertiary/aromatic N) is 5. The predicted octanol–water partition coefficient (Wildman–Crippen LogP) is 20.4. The SMILES string of the molecule is CC1CN(C(=O)CC(c2ccc3c(c2)OCO3)c2c(O)ccc3ccccc23)CC(C)O1.COCOc1cc(C)cc(C)c1C(CC(=O)N1CC(C)CC(C)C1)c1ccc2c(c1)OCO2.COc1cc(C)cc(C)c1C(c1ccccc1)C(C)(C)C(=O)N1CC(C)CC(C)C1.Cc1cc(C)c(C(CC(=O)N2CC(C)CC(C)C2)c2ccc3c(c2)OCO3)c(OCC#N)c1.